The van der Waals surface area contributed by atoms with Crippen LogP contribution in [0.15, 0.2) is 36.5 Å². The molecule has 5 heteroatoms. The molecule has 1 aromatic heterocycles. The average Bonchev–Trinajstić information content (AvgIpc) is 3.03. The van der Waals surface area contributed by atoms with Crippen molar-refractivity contribution in [1.82, 2.24) is 9.88 Å². The fraction of sp³-hybridized carbons (Fsp3) is 0.474. The quantitative estimate of drug-likeness (QED) is 0.859. The van der Waals surface area contributed by atoms with Crippen molar-refractivity contribution < 1.29 is 4.79 Å². The first kappa shape index (κ1) is 17.1. The molecule has 1 amide bonds. The molecule has 24 heavy (non-hydrogen) atoms. The highest BCUT2D eigenvalue weighted by molar-refractivity contribution is 7.15. The summed E-state index contributed by atoms with van der Waals surface area (Å²) in [5.74, 6) is 0.0334. The second-order valence-electron chi connectivity index (χ2n) is 6.48. The number of anilines is 1. The number of hydrogen-bond donors (Lipinski definition) is 1. The maximum absolute atomic E-state index is 12.1. The molecule has 4 nitrogen and oxygen atoms in total. The molecule has 0 saturated carbocycles. The van der Waals surface area contributed by atoms with Crippen LogP contribution in [-0.4, -0.2) is 28.4 Å². The van der Waals surface area contributed by atoms with Gasteiger partial charge in [-0.1, -0.05) is 36.8 Å². The summed E-state index contributed by atoms with van der Waals surface area (Å²) >= 11 is 1.59. The zero-order valence-electron chi connectivity index (χ0n) is 14.2. The normalized spacial score (nSPS) is 18.5. The van der Waals surface area contributed by atoms with Gasteiger partial charge in [-0.2, -0.15) is 0 Å². The molecule has 0 aliphatic carbocycles. The molecule has 3 rings (SSSR count). The molecule has 0 bridgehead atoms. The first-order valence-electron chi connectivity index (χ1n) is 8.73. The number of aromatic nitrogens is 1. The molecule has 1 aromatic carbocycles. The molecule has 0 spiro atoms. The van der Waals surface area contributed by atoms with Gasteiger partial charge in [0.05, 0.1) is 0 Å². The van der Waals surface area contributed by atoms with E-state index in [0.717, 1.165) is 19.5 Å². The molecule has 0 radical (unpaired) electrons. The van der Waals surface area contributed by atoms with Crippen LogP contribution >= 0.6 is 11.3 Å². The van der Waals surface area contributed by atoms with Gasteiger partial charge in [-0.25, -0.2) is 4.98 Å². The minimum atomic E-state index is 0.0334. The van der Waals surface area contributed by atoms with Crippen LogP contribution in [0.2, 0.25) is 0 Å². The number of carbonyl (C=O) groups excluding carboxylic acids is 1. The standard InChI is InChI=1S/C19H25N3OS/c1-15-7-5-6-12-22(15)14-17-13-20-19(24-17)21-18(23)11-10-16-8-3-2-4-9-16/h2-4,8-9,13,15H,5-7,10-12,14H2,1H3,(H,20,21,23). The summed E-state index contributed by atoms with van der Waals surface area (Å²) in [4.78, 5) is 20.2. The maximum Gasteiger partial charge on any atom is 0.226 e. The minimum Gasteiger partial charge on any atom is -0.302 e. The van der Waals surface area contributed by atoms with Crippen LogP contribution in [0.5, 0.6) is 0 Å². The van der Waals surface area contributed by atoms with Crippen LogP contribution in [0.3, 0.4) is 0 Å². The van der Waals surface area contributed by atoms with Gasteiger partial charge in [-0.15, -0.1) is 11.3 Å². The Kier molecular flexibility index (Phi) is 5.99. The number of nitrogens with zero attached hydrogens (tertiary/aromatic N) is 2. The molecule has 1 saturated heterocycles. The lowest BCUT2D eigenvalue weighted by atomic mass is 10.0. The Morgan fingerprint density at radius 1 is 1.33 bits per heavy atom. The Balaban J connectivity index is 1.47. The van der Waals surface area contributed by atoms with Gasteiger partial charge >= 0.3 is 0 Å². The second-order valence-corrected chi connectivity index (χ2v) is 7.60. The zero-order chi connectivity index (χ0) is 16.8. The maximum atomic E-state index is 12.1. The highest BCUT2D eigenvalue weighted by Crippen LogP contribution is 2.24. The van der Waals surface area contributed by atoms with Gasteiger partial charge in [-0.3, -0.25) is 9.69 Å². The summed E-state index contributed by atoms with van der Waals surface area (Å²) in [5, 5.41) is 3.65. The molecular weight excluding hydrogens is 318 g/mol. The van der Waals surface area contributed by atoms with Gasteiger partial charge in [0.2, 0.25) is 5.91 Å². The lowest BCUT2D eigenvalue weighted by molar-refractivity contribution is -0.116. The third kappa shape index (κ3) is 4.89. The van der Waals surface area contributed by atoms with Crippen LogP contribution < -0.4 is 5.32 Å². The van der Waals surface area contributed by atoms with Crippen LogP contribution in [0.4, 0.5) is 5.13 Å². The number of nitrogens with one attached hydrogen (secondary N) is 1. The number of hydrogen-bond acceptors (Lipinski definition) is 4. The van der Waals surface area contributed by atoms with E-state index < -0.39 is 0 Å². The van der Waals surface area contributed by atoms with Crippen molar-refractivity contribution in [2.24, 2.45) is 0 Å². The van der Waals surface area contributed by atoms with E-state index in [1.807, 2.05) is 24.4 Å². The van der Waals surface area contributed by atoms with Crippen molar-refractivity contribution in [3.05, 3.63) is 47.0 Å². The molecule has 2 aromatic rings. The van der Waals surface area contributed by atoms with Crippen LogP contribution in [-0.2, 0) is 17.8 Å². The number of thiazole rings is 1. The van der Waals surface area contributed by atoms with Gasteiger partial charge in [0.1, 0.15) is 0 Å². The molecule has 1 N–H and O–H groups in total. The fourth-order valence-corrected chi connectivity index (χ4v) is 3.97. The molecule has 128 valence electrons. The molecule has 1 fully saturated rings. The van der Waals surface area contributed by atoms with Gasteiger partial charge in [-0.05, 0) is 38.3 Å². The van der Waals surface area contributed by atoms with Crippen LogP contribution in [0.25, 0.3) is 0 Å². The molecular formula is C19H25N3OS. The zero-order valence-corrected chi connectivity index (χ0v) is 15.0. The summed E-state index contributed by atoms with van der Waals surface area (Å²) in [7, 11) is 0. The van der Waals surface area contributed by atoms with E-state index in [4.69, 9.17) is 0 Å². The largest absolute Gasteiger partial charge is 0.302 e. The summed E-state index contributed by atoms with van der Waals surface area (Å²) in [6.07, 6.45) is 7.05. The van der Waals surface area contributed by atoms with Gasteiger partial charge in [0.25, 0.3) is 0 Å². The first-order chi connectivity index (χ1) is 11.7. The summed E-state index contributed by atoms with van der Waals surface area (Å²) in [6.45, 7) is 4.41. The molecule has 2 heterocycles. The van der Waals surface area contributed by atoms with Gasteiger partial charge < -0.3 is 5.32 Å². The topological polar surface area (TPSA) is 45.2 Å². The van der Waals surface area contributed by atoms with Crippen molar-refractivity contribution in [2.75, 3.05) is 11.9 Å². The fourth-order valence-electron chi connectivity index (χ4n) is 3.12. The number of rotatable bonds is 6. The third-order valence-electron chi connectivity index (χ3n) is 4.58. The van der Waals surface area contributed by atoms with E-state index in [9.17, 15) is 4.79 Å². The Labute approximate surface area is 147 Å². The van der Waals surface area contributed by atoms with E-state index in [0.29, 0.717) is 17.6 Å². The molecule has 1 aliphatic rings. The van der Waals surface area contributed by atoms with Crippen molar-refractivity contribution in [1.29, 1.82) is 0 Å². The summed E-state index contributed by atoms with van der Waals surface area (Å²) < 4.78 is 0. The SMILES string of the molecule is CC1CCCCN1Cc1cnc(NC(=O)CCc2ccccc2)s1. The van der Waals surface area contributed by atoms with Crippen LogP contribution in [0, 0.1) is 0 Å². The molecule has 1 aliphatic heterocycles. The van der Waals surface area contributed by atoms with E-state index in [2.05, 4.69) is 34.3 Å². The Hall–Kier alpha value is -1.72. The number of amides is 1. The number of carbonyl (C=O) groups is 1. The highest BCUT2D eigenvalue weighted by atomic mass is 32.1. The lowest BCUT2D eigenvalue weighted by Crippen LogP contribution is -2.36. The van der Waals surface area contributed by atoms with Gasteiger partial charge in [0.15, 0.2) is 5.13 Å². The Morgan fingerprint density at radius 3 is 2.96 bits per heavy atom. The van der Waals surface area contributed by atoms with E-state index in [1.165, 1.54) is 29.7 Å². The first-order valence-corrected chi connectivity index (χ1v) is 9.55. The van der Waals surface area contributed by atoms with Crippen molar-refractivity contribution in [3.8, 4) is 0 Å². The van der Waals surface area contributed by atoms with E-state index in [-0.39, 0.29) is 5.91 Å². The third-order valence-corrected chi connectivity index (χ3v) is 5.48. The van der Waals surface area contributed by atoms with E-state index >= 15 is 0 Å². The minimum absolute atomic E-state index is 0.0334. The number of benzene rings is 1. The smallest absolute Gasteiger partial charge is 0.226 e. The van der Waals surface area contributed by atoms with E-state index in [1.54, 1.807) is 11.3 Å². The predicted molar refractivity (Wildman–Crippen MR) is 99.2 cm³/mol. The second kappa shape index (κ2) is 8.40. The number of likely N-dealkylation sites (tertiary alicyclic amines) is 1. The van der Waals surface area contributed by atoms with Crippen molar-refractivity contribution >= 4 is 22.4 Å². The molecule has 1 atom stereocenters. The molecule has 1 unspecified atom stereocenters. The van der Waals surface area contributed by atoms with Crippen molar-refractivity contribution in [2.45, 2.75) is 51.6 Å². The Bertz CT molecular complexity index is 656. The average molecular weight is 343 g/mol. The van der Waals surface area contributed by atoms with Gasteiger partial charge in [0, 0.05) is 30.1 Å². The monoisotopic (exact) mass is 343 g/mol. The summed E-state index contributed by atoms with van der Waals surface area (Å²) in [5.41, 5.74) is 1.19. The Morgan fingerprint density at radius 2 is 2.17 bits per heavy atom. The van der Waals surface area contributed by atoms with Crippen molar-refractivity contribution in [3.63, 3.8) is 0 Å². The lowest BCUT2D eigenvalue weighted by Gasteiger charge is -2.32. The summed E-state index contributed by atoms with van der Waals surface area (Å²) in [6, 6.07) is 10.7. The highest BCUT2D eigenvalue weighted by Gasteiger charge is 2.19. The number of aryl methyl sites for hydroxylation is 1. The predicted octanol–water partition coefficient (Wildman–Crippen LogP) is 4.09. The van der Waals surface area contributed by atoms with Crippen LogP contribution in [0.1, 0.15) is 43.0 Å². The number of piperidine rings is 1.